The Morgan fingerprint density at radius 3 is 2.62 bits per heavy atom. The van der Waals surface area contributed by atoms with E-state index >= 15 is 0 Å². The SMILES string of the molecule is CC1(NC(=O)OC(C)(C)C)CCCC(O)C1. The highest BCUT2D eigenvalue weighted by Gasteiger charge is 2.34. The molecule has 0 aromatic heterocycles. The minimum atomic E-state index is -0.478. The quantitative estimate of drug-likeness (QED) is 0.724. The number of carbonyl (C=O) groups excluding carboxylic acids is 1. The molecule has 0 saturated heterocycles. The lowest BCUT2D eigenvalue weighted by Gasteiger charge is -2.37. The molecular formula is C12H23NO3. The molecule has 0 aromatic carbocycles. The Bertz CT molecular complexity index is 259. The highest BCUT2D eigenvalue weighted by molar-refractivity contribution is 5.68. The van der Waals surface area contributed by atoms with Gasteiger partial charge in [-0.2, -0.15) is 0 Å². The molecule has 1 fully saturated rings. The molecule has 1 aliphatic rings. The normalized spacial score (nSPS) is 30.9. The van der Waals surface area contributed by atoms with E-state index in [2.05, 4.69) is 5.32 Å². The smallest absolute Gasteiger partial charge is 0.408 e. The summed E-state index contributed by atoms with van der Waals surface area (Å²) < 4.78 is 5.21. The molecule has 1 aliphatic carbocycles. The van der Waals surface area contributed by atoms with Gasteiger partial charge in [-0.3, -0.25) is 0 Å². The van der Waals surface area contributed by atoms with Crippen LogP contribution in [-0.4, -0.2) is 28.4 Å². The highest BCUT2D eigenvalue weighted by atomic mass is 16.6. The van der Waals surface area contributed by atoms with Crippen molar-refractivity contribution < 1.29 is 14.6 Å². The zero-order valence-electron chi connectivity index (χ0n) is 10.7. The molecule has 1 rings (SSSR count). The molecule has 4 nitrogen and oxygen atoms in total. The Labute approximate surface area is 97.4 Å². The fourth-order valence-electron chi connectivity index (χ4n) is 2.12. The van der Waals surface area contributed by atoms with Crippen molar-refractivity contribution in [1.82, 2.24) is 5.32 Å². The average Bonchev–Trinajstić information content (AvgIpc) is 1.96. The molecule has 0 radical (unpaired) electrons. The monoisotopic (exact) mass is 229 g/mol. The molecule has 0 aliphatic heterocycles. The van der Waals surface area contributed by atoms with Gasteiger partial charge >= 0.3 is 6.09 Å². The van der Waals surface area contributed by atoms with Gasteiger partial charge in [-0.15, -0.1) is 0 Å². The van der Waals surface area contributed by atoms with E-state index < -0.39 is 11.7 Å². The summed E-state index contributed by atoms with van der Waals surface area (Å²) in [5.74, 6) is 0. The third-order valence-corrected chi connectivity index (χ3v) is 2.75. The van der Waals surface area contributed by atoms with Crippen LogP contribution in [0.2, 0.25) is 0 Å². The van der Waals surface area contributed by atoms with E-state index in [1.54, 1.807) is 0 Å². The predicted molar refractivity (Wildman–Crippen MR) is 62.2 cm³/mol. The molecule has 0 aromatic rings. The summed E-state index contributed by atoms with van der Waals surface area (Å²) in [5.41, 5.74) is -0.812. The van der Waals surface area contributed by atoms with E-state index in [1.165, 1.54) is 0 Å². The molecule has 0 bridgehead atoms. The number of hydrogen-bond acceptors (Lipinski definition) is 3. The van der Waals surface area contributed by atoms with Gasteiger partial charge in [0.25, 0.3) is 0 Å². The Hall–Kier alpha value is -0.770. The first-order chi connectivity index (χ1) is 7.20. The van der Waals surface area contributed by atoms with Gasteiger partial charge < -0.3 is 15.2 Å². The summed E-state index contributed by atoms with van der Waals surface area (Å²) in [7, 11) is 0. The van der Waals surface area contributed by atoms with Gasteiger partial charge in [0.1, 0.15) is 5.60 Å². The number of nitrogens with one attached hydrogen (secondary N) is 1. The first-order valence-corrected chi connectivity index (χ1v) is 5.89. The molecule has 4 heteroatoms. The van der Waals surface area contributed by atoms with Crippen LogP contribution in [0.4, 0.5) is 4.79 Å². The molecule has 2 atom stereocenters. The number of aliphatic hydroxyl groups is 1. The fourth-order valence-corrected chi connectivity index (χ4v) is 2.12. The van der Waals surface area contributed by atoms with Crippen molar-refractivity contribution in [2.24, 2.45) is 0 Å². The second kappa shape index (κ2) is 4.62. The van der Waals surface area contributed by atoms with Crippen molar-refractivity contribution in [1.29, 1.82) is 0 Å². The summed E-state index contributed by atoms with van der Waals surface area (Å²) >= 11 is 0. The second-order valence-corrected chi connectivity index (χ2v) is 5.94. The Balaban J connectivity index is 2.49. The van der Waals surface area contributed by atoms with Crippen LogP contribution in [0.1, 0.15) is 53.4 Å². The Morgan fingerprint density at radius 2 is 2.12 bits per heavy atom. The van der Waals surface area contributed by atoms with Gasteiger partial charge in [-0.1, -0.05) is 0 Å². The van der Waals surface area contributed by atoms with Crippen LogP contribution in [0.15, 0.2) is 0 Å². The number of alkyl carbamates (subject to hydrolysis) is 1. The van der Waals surface area contributed by atoms with Crippen LogP contribution >= 0.6 is 0 Å². The van der Waals surface area contributed by atoms with E-state index in [0.717, 1.165) is 19.3 Å². The molecule has 0 spiro atoms. The maximum atomic E-state index is 11.6. The minimum absolute atomic E-state index is 0.311. The molecular weight excluding hydrogens is 206 g/mol. The number of carbonyl (C=O) groups is 1. The van der Waals surface area contributed by atoms with Crippen molar-refractivity contribution in [2.75, 3.05) is 0 Å². The number of hydrogen-bond donors (Lipinski definition) is 2. The lowest BCUT2D eigenvalue weighted by Crippen LogP contribution is -2.51. The number of amides is 1. The number of aliphatic hydroxyl groups excluding tert-OH is 1. The maximum Gasteiger partial charge on any atom is 0.408 e. The molecule has 2 unspecified atom stereocenters. The van der Waals surface area contributed by atoms with Crippen molar-refractivity contribution in [3.05, 3.63) is 0 Å². The highest BCUT2D eigenvalue weighted by Crippen LogP contribution is 2.28. The molecule has 2 N–H and O–H groups in total. The average molecular weight is 229 g/mol. The van der Waals surface area contributed by atoms with Crippen LogP contribution in [-0.2, 0) is 4.74 Å². The van der Waals surface area contributed by atoms with Crippen molar-refractivity contribution in [3.63, 3.8) is 0 Å². The van der Waals surface area contributed by atoms with E-state index in [4.69, 9.17) is 4.74 Å². The standard InChI is InChI=1S/C12H23NO3/c1-11(2,3)16-10(15)13-12(4)7-5-6-9(14)8-12/h9,14H,5-8H2,1-4H3,(H,13,15). The first-order valence-electron chi connectivity index (χ1n) is 5.89. The van der Waals surface area contributed by atoms with Gasteiger partial charge in [0.05, 0.1) is 6.10 Å². The lowest BCUT2D eigenvalue weighted by atomic mass is 9.82. The summed E-state index contributed by atoms with van der Waals surface area (Å²) in [6, 6.07) is 0. The van der Waals surface area contributed by atoms with E-state index in [-0.39, 0.29) is 11.6 Å². The summed E-state index contributed by atoms with van der Waals surface area (Å²) in [5, 5.41) is 12.5. The van der Waals surface area contributed by atoms with E-state index in [0.29, 0.717) is 6.42 Å². The van der Waals surface area contributed by atoms with E-state index in [1.807, 2.05) is 27.7 Å². The first kappa shape index (κ1) is 13.3. The molecule has 94 valence electrons. The van der Waals surface area contributed by atoms with Crippen molar-refractivity contribution in [2.45, 2.75) is 70.6 Å². The minimum Gasteiger partial charge on any atom is -0.444 e. The van der Waals surface area contributed by atoms with Gasteiger partial charge in [-0.05, 0) is 53.4 Å². The van der Waals surface area contributed by atoms with Crippen molar-refractivity contribution >= 4 is 6.09 Å². The van der Waals surface area contributed by atoms with Gasteiger partial charge in [0.2, 0.25) is 0 Å². The van der Waals surface area contributed by atoms with Crippen molar-refractivity contribution in [3.8, 4) is 0 Å². The molecule has 0 heterocycles. The zero-order chi connectivity index (χ0) is 12.4. The summed E-state index contributed by atoms with van der Waals surface area (Å²) in [4.78, 5) is 11.6. The largest absolute Gasteiger partial charge is 0.444 e. The van der Waals surface area contributed by atoms with Crippen LogP contribution in [0.25, 0.3) is 0 Å². The lowest BCUT2D eigenvalue weighted by molar-refractivity contribution is 0.0334. The third-order valence-electron chi connectivity index (χ3n) is 2.75. The number of rotatable bonds is 1. The second-order valence-electron chi connectivity index (χ2n) is 5.94. The Morgan fingerprint density at radius 1 is 1.50 bits per heavy atom. The molecule has 16 heavy (non-hydrogen) atoms. The summed E-state index contributed by atoms with van der Waals surface area (Å²) in [6.07, 6.45) is 2.55. The predicted octanol–water partition coefficient (Wildman–Crippen LogP) is 2.20. The fraction of sp³-hybridized carbons (Fsp3) is 0.917. The van der Waals surface area contributed by atoms with Gasteiger partial charge in [0, 0.05) is 5.54 Å². The molecule has 1 amide bonds. The maximum absolute atomic E-state index is 11.6. The topological polar surface area (TPSA) is 58.6 Å². The molecule has 1 saturated carbocycles. The van der Waals surface area contributed by atoms with Gasteiger partial charge in [0.15, 0.2) is 0 Å². The van der Waals surface area contributed by atoms with Crippen LogP contribution < -0.4 is 5.32 Å². The van der Waals surface area contributed by atoms with Crippen LogP contribution in [0.5, 0.6) is 0 Å². The summed E-state index contributed by atoms with van der Waals surface area (Å²) in [6.45, 7) is 7.47. The Kier molecular flexibility index (Phi) is 3.84. The zero-order valence-corrected chi connectivity index (χ0v) is 10.7. The van der Waals surface area contributed by atoms with Crippen LogP contribution in [0, 0.1) is 0 Å². The third kappa shape index (κ3) is 4.39. The van der Waals surface area contributed by atoms with Gasteiger partial charge in [-0.25, -0.2) is 4.79 Å². The van der Waals surface area contributed by atoms with Crippen LogP contribution in [0.3, 0.4) is 0 Å². The number of ether oxygens (including phenoxy) is 1. The van der Waals surface area contributed by atoms with E-state index in [9.17, 15) is 9.90 Å².